The van der Waals surface area contributed by atoms with Crippen LogP contribution in [0.15, 0.2) is 48.5 Å². The molecule has 45 heavy (non-hydrogen) atoms. The molecule has 0 spiro atoms. The number of carbonyl (C=O) groups is 3. The minimum absolute atomic E-state index is 0.0636. The van der Waals surface area contributed by atoms with Crippen molar-refractivity contribution < 1.29 is 29.0 Å². The molecular formula is C35H52N4O6. The molecule has 2 aromatic carbocycles. The topological polar surface area (TPSA) is 112 Å². The summed E-state index contributed by atoms with van der Waals surface area (Å²) in [7, 11) is 5.79. The molecule has 0 radical (unpaired) electrons. The van der Waals surface area contributed by atoms with Gasteiger partial charge in [-0.1, -0.05) is 25.1 Å². The first-order valence-corrected chi connectivity index (χ1v) is 16.1. The Hall–Kier alpha value is -3.47. The van der Waals surface area contributed by atoms with Crippen molar-refractivity contribution in [1.82, 2.24) is 14.7 Å². The Balaban J connectivity index is 1.89. The molecule has 0 aromatic heterocycles. The van der Waals surface area contributed by atoms with Gasteiger partial charge in [0.1, 0.15) is 5.75 Å². The van der Waals surface area contributed by atoms with Gasteiger partial charge in [-0.25, -0.2) is 0 Å². The number of anilines is 1. The first-order valence-electron chi connectivity index (χ1n) is 16.1. The van der Waals surface area contributed by atoms with E-state index in [1.54, 1.807) is 66.2 Å². The molecule has 248 valence electrons. The van der Waals surface area contributed by atoms with Crippen molar-refractivity contribution in [2.75, 3.05) is 59.3 Å². The average molecular weight is 625 g/mol. The van der Waals surface area contributed by atoms with Crippen LogP contribution in [0, 0.1) is 5.92 Å². The smallest absolute Gasteiger partial charge is 0.258 e. The van der Waals surface area contributed by atoms with E-state index in [2.05, 4.69) is 10.2 Å². The van der Waals surface area contributed by atoms with Crippen LogP contribution >= 0.6 is 0 Å². The van der Waals surface area contributed by atoms with E-state index in [-0.39, 0.29) is 42.5 Å². The Morgan fingerprint density at radius 1 is 1.09 bits per heavy atom. The number of nitrogens with zero attached hydrogens (tertiary/aromatic N) is 3. The van der Waals surface area contributed by atoms with Crippen molar-refractivity contribution in [3.05, 3.63) is 59.7 Å². The van der Waals surface area contributed by atoms with E-state index < -0.39 is 6.04 Å². The molecule has 1 aliphatic rings. The molecule has 4 atom stereocenters. The third-order valence-electron chi connectivity index (χ3n) is 8.22. The number of aliphatic hydroxyl groups is 1. The molecule has 3 rings (SSSR count). The molecule has 0 saturated carbocycles. The molecule has 2 aromatic rings. The van der Waals surface area contributed by atoms with Crippen LogP contribution in [-0.2, 0) is 9.53 Å². The van der Waals surface area contributed by atoms with Gasteiger partial charge in [0.05, 0.1) is 30.4 Å². The number of likely N-dealkylation sites (N-methyl/N-ethyl adjacent to an activating group) is 1. The predicted octanol–water partition coefficient (Wildman–Crippen LogP) is 4.53. The largest absolute Gasteiger partial charge is 0.490 e. The van der Waals surface area contributed by atoms with Gasteiger partial charge in [0.15, 0.2) is 0 Å². The summed E-state index contributed by atoms with van der Waals surface area (Å²) in [4.78, 5) is 45.5. The number of aliphatic hydroxyl groups excluding tert-OH is 1. The lowest BCUT2D eigenvalue weighted by molar-refractivity contribution is -0.132. The van der Waals surface area contributed by atoms with Gasteiger partial charge in [0.2, 0.25) is 5.91 Å². The predicted molar refractivity (Wildman–Crippen MR) is 177 cm³/mol. The van der Waals surface area contributed by atoms with E-state index in [1.165, 1.54) is 0 Å². The molecule has 0 bridgehead atoms. The van der Waals surface area contributed by atoms with Crippen molar-refractivity contribution in [1.29, 1.82) is 0 Å². The van der Waals surface area contributed by atoms with Crippen molar-refractivity contribution >= 4 is 23.4 Å². The summed E-state index contributed by atoms with van der Waals surface area (Å²) in [6, 6.07) is 13.5. The summed E-state index contributed by atoms with van der Waals surface area (Å²) in [6.45, 7) is 7.64. The normalized spacial score (nSPS) is 20.5. The minimum atomic E-state index is -0.494. The number of amides is 3. The number of hydrogen-bond acceptors (Lipinski definition) is 7. The zero-order valence-corrected chi connectivity index (χ0v) is 27.8. The number of benzene rings is 2. The maximum absolute atomic E-state index is 14.3. The highest BCUT2D eigenvalue weighted by molar-refractivity contribution is 6.05. The summed E-state index contributed by atoms with van der Waals surface area (Å²) in [5.41, 5.74) is 1.28. The van der Waals surface area contributed by atoms with Crippen molar-refractivity contribution in [3.8, 4) is 5.75 Å². The standard InChI is InChI=1S/C35H52N4O6/c1-25-22-39(26(2)24-40)35(43)30-21-29(36-34(42)28-14-8-7-9-15-28)17-18-31(30)45-27(3)13-10-11-20-44-32(25)23-38(6)33(41)16-12-19-37(4)5/h7-9,14-15,17-18,21,25-27,32,40H,10-13,16,19-20,22-24H2,1-6H3,(H,36,42)/t25-,26-,27+,32-/m0/s1. The molecule has 0 unspecified atom stereocenters. The van der Waals surface area contributed by atoms with Crippen molar-refractivity contribution in [2.45, 2.75) is 71.1 Å². The molecule has 0 fully saturated rings. The Morgan fingerprint density at radius 2 is 1.82 bits per heavy atom. The molecule has 1 aliphatic heterocycles. The van der Waals surface area contributed by atoms with Gasteiger partial charge in [-0.2, -0.15) is 0 Å². The molecule has 10 nitrogen and oxygen atoms in total. The summed E-state index contributed by atoms with van der Waals surface area (Å²) in [5.74, 6) is -0.250. The fourth-order valence-electron chi connectivity index (χ4n) is 5.36. The van der Waals surface area contributed by atoms with E-state index in [0.717, 1.165) is 32.2 Å². The molecule has 1 heterocycles. The highest BCUT2D eigenvalue weighted by Gasteiger charge is 2.31. The van der Waals surface area contributed by atoms with Crippen LogP contribution in [0.25, 0.3) is 0 Å². The number of hydrogen-bond donors (Lipinski definition) is 2. The van der Waals surface area contributed by atoms with Crippen LogP contribution in [0.1, 0.15) is 73.6 Å². The van der Waals surface area contributed by atoms with Gasteiger partial charge in [-0.15, -0.1) is 0 Å². The number of fused-ring (bicyclic) bond motifs is 1. The summed E-state index contributed by atoms with van der Waals surface area (Å²) >= 11 is 0. The summed E-state index contributed by atoms with van der Waals surface area (Å²) in [6.07, 6.45) is 3.26. The number of nitrogens with one attached hydrogen (secondary N) is 1. The Bertz CT molecular complexity index is 1240. The third-order valence-corrected chi connectivity index (χ3v) is 8.22. The van der Waals surface area contributed by atoms with E-state index in [0.29, 0.717) is 48.7 Å². The Kier molecular flexibility index (Phi) is 14.3. The van der Waals surface area contributed by atoms with Gasteiger partial charge in [-0.3, -0.25) is 14.4 Å². The molecule has 3 amide bonds. The van der Waals surface area contributed by atoms with Gasteiger partial charge in [0.25, 0.3) is 11.8 Å². The summed E-state index contributed by atoms with van der Waals surface area (Å²) in [5, 5.41) is 13.1. The van der Waals surface area contributed by atoms with E-state index in [1.807, 2.05) is 34.0 Å². The molecule has 0 aliphatic carbocycles. The maximum atomic E-state index is 14.3. The van der Waals surface area contributed by atoms with Gasteiger partial charge in [0, 0.05) is 50.3 Å². The van der Waals surface area contributed by atoms with Crippen LogP contribution in [0.3, 0.4) is 0 Å². The second kappa shape index (κ2) is 17.9. The molecule has 0 saturated heterocycles. The number of ether oxygens (including phenoxy) is 2. The zero-order chi connectivity index (χ0) is 32.9. The van der Waals surface area contributed by atoms with E-state index >= 15 is 0 Å². The Morgan fingerprint density at radius 3 is 2.51 bits per heavy atom. The number of carbonyl (C=O) groups excluding carboxylic acids is 3. The number of rotatable bonds is 10. The molecule has 10 heteroatoms. The van der Waals surface area contributed by atoms with E-state index in [4.69, 9.17) is 9.47 Å². The van der Waals surface area contributed by atoms with E-state index in [9.17, 15) is 19.5 Å². The highest BCUT2D eigenvalue weighted by atomic mass is 16.5. The van der Waals surface area contributed by atoms with Gasteiger partial charge in [-0.05, 0) is 90.5 Å². The first-order chi connectivity index (χ1) is 21.5. The average Bonchev–Trinajstić information content (AvgIpc) is 3.02. The second-order valence-electron chi connectivity index (χ2n) is 12.5. The van der Waals surface area contributed by atoms with Crippen LogP contribution in [0.2, 0.25) is 0 Å². The second-order valence-corrected chi connectivity index (χ2v) is 12.5. The van der Waals surface area contributed by atoms with Crippen LogP contribution in [0.4, 0.5) is 5.69 Å². The van der Waals surface area contributed by atoms with Crippen LogP contribution in [0.5, 0.6) is 5.75 Å². The first kappa shape index (κ1) is 36.0. The van der Waals surface area contributed by atoms with Crippen molar-refractivity contribution in [2.24, 2.45) is 5.92 Å². The van der Waals surface area contributed by atoms with Crippen LogP contribution in [-0.4, -0.2) is 110 Å². The monoisotopic (exact) mass is 624 g/mol. The fourth-order valence-corrected chi connectivity index (χ4v) is 5.36. The molecule has 2 N–H and O–H groups in total. The van der Waals surface area contributed by atoms with Gasteiger partial charge < -0.3 is 34.6 Å². The van der Waals surface area contributed by atoms with Crippen LogP contribution < -0.4 is 10.1 Å². The highest BCUT2D eigenvalue weighted by Crippen LogP contribution is 2.29. The Labute approximate surface area is 268 Å². The lowest BCUT2D eigenvalue weighted by Crippen LogP contribution is -2.48. The summed E-state index contributed by atoms with van der Waals surface area (Å²) < 4.78 is 12.7. The van der Waals surface area contributed by atoms with Gasteiger partial charge >= 0.3 is 0 Å². The minimum Gasteiger partial charge on any atom is -0.490 e. The fraction of sp³-hybridized carbons (Fsp3) is 0.571. The SMILES string of the molecule is C[C@@H]1CCCCO[C@@H](CN(C)C(=O)CCCN(C)C)[C@@H](C)CN([C@@H](C)CO)C(=O)c2cc(NC(=O)c3ccccc3)ccc2O1. The lowest BCUT2D eigenvalue weighted by Gasteiger charge is -2.36. The van der Waals surface area contributed by atoms with Crippen molar-refractivity contribution in [3.63, 3.8) is 0 Å². The lowest BCUT2D eigenvalue weighted by atomic mass is 10.0. The third kappa shape index (κ3) is 11.1. The maximum Gasteiger partial charge on any atom is 0.258 e. The zero-order valence-electron chi connectivity index (χ0n) is 27.8. The quantitative estimate of drug-likeness (QED) is 0.400. The molecular weight excluding hydrogens is 572 g/mol.